The monoisotopic (exact) mass is 425 g/mol. The van der Waals surface area contributed by atoms with Gasteiger partial charge in [0.05, 0.1) is 6.61 Å². The first-order valence-electron chi connectivity index (χ1n) is 11.7. The van der Waals surface area contributed by atoms with Crippen molar-refractivity contribution < 1.29 is 18.6 Å². The Hall–Kier alpha value is -1.64. The second-order valence-electron chi connectivity index (χ2n) is 6.26. The average Bonchev–Trinajstić information content (AvgIpc) is 2.77. The first-order valence-corrected chi connectivity index (χ1v) is 11.7. The molecule has 0 saturated heterocycles. The van der Waals surface area contributed by atoms with Crippen molar-refractivity contribution in [3.8, 4) is 11.8 Å². The summed E-state index contributed by atoms with van der Waals surface area (Å²) in [6.07, 6.45) is 8.05. The molecule has 1 fully saturated rings. The zero-order valence-electron chi connectivity index (χ0n) is 20.3. The molecule has 0 radical (unpaired) electrons. The third-order valence-electron chi connectivity index (χ3n) is 4.52. The van der Waals surface area contributed by atoms with Crippen molar-refractivity contribution >= 4 is 0 Å². The molecular weight excluding hydrogens is 381 g/mol. The second kappa shape index (κ2) is 22.1. The Morgan fingerprint density at radius 1 is 1.00 bits per heavy atom. The highest BCUT2D eigenvalue weighted by Crippen LogP contribution is 2.29. The summed E-state index contributed by atoms with van der Waals surface area (Å²) in [4.78, 5) is 0. The van der Waals surface area contributed by atoms with Crippen LogP contribution in [0.1, 0.15) is 92.1 Å². The van der Waals surface area contributed by atoms with Crippen molar-refractivity contribution in [3.63, 3.8) is 0 Å². The number of nitriles is 1. The standard InChI is InChI=1S/C19H26FNO3.3C2H6/c1-22-14-23-13-19(15-8-5-3-2-4-6-9-15)24-18-11-7-10-17(20)16(18)12-21;3*1-2/h7,10-11,15,19H,2-6,8-9,13-14H2,1H3;3*1-2H3. The topological polar surface area (TPSA) is 51.5 Å². The molecule has 0 spiro atoms. The van der Waals surface area contributed by atoms with E-state index in [1.54, 1.807) is 19.2 Å². The van der Waals surface area contributed by atoms with Crippen LogP contribution in [0, 0.1) is 23.1 Å². The van der Waals surface area contributed by atoms with E-state index in [0.717, 1.165) is 12.8 Å². The number of ether oxygens (including phenoxy) is 3. The lowest BCUT2D eigenvalue weighted by Gasteiger charge is -2.29. The number of nitrogens with zero attached hydrogens (tertiary/aromatic N) is 1. The summed E-state index contributed by atoms with van der Waals surface area (Å²) in [5, 5.41) is 9.20. The van der Waals surface area contributed by atoms with Gasteiger partial charge in [-0.25, -0.2) is 4.39 Å². The van der Waals surface area contributed by atoms with Crippen molar-refractivity contribution in [2.24, 2.45) is 5.92 Å². The van der Waals surface area contributed by atoms with Gasteiger partial charge in [-0.15, -0.1) is 0 Å². The maximum absolute atomic E-state index is 13.8. The number of hydrogen-bond donors (Lipinski definition) is 0. The van der Waals surface area contributed by atoms with Crippen LogP contribution in [0.2, 0.25) is 0 Å². The molecule has 30 heavy (non-hydrogen) atoms. The molecule has 2 rings (SSSR count). The summed E-state index contributed by atoms with van der Waals surface area (Å²) in [6.45, 7) is 12.6. The van der Waals surface area contributed by atoms with Gasteiger partial charge in [-0.2, -0.15) is 5.26 Å². The third-order valence-corrected chi connectivity index (χ3v) is 4.52. The molecule has 0 aromatic heterocycles. The van der Waals surface area contributed by atoms with Crippen LogP contribution >= 0.6 is 0 Å². The fourth-order valence-corrected chi connectivity index (χ4v) is 3.25. The van der Waals surface area contributed by atoms with Crippen LogP contribution < -0.4 is 4.74 Å². The van der Waals surface area contributed by atoms with Crippen molar-refractivity contribution in [3.05, 3.63) is 29.6 Å². The van der Waals surface area contributed by atoms with Crippen LogP contribution in [0.4, 0.5) is 4.39 Å². The Balaban J connectivity index is 0. The molecule has 1 aliphatic carbocycles. The van der Waals surface area contributed by atoms with Gasteiger partial charge in [-0.3, -0.25) is 0 Å². The highest BCUT2D eigenvalue weighted by molar-refractivity contribution is 5.43. The van der Waals surface area contributed by atoms with E-state index >= 15 is 0 Å². The lowest BCUT2D eigenvalue weighted by atomic mass is 9.87. The molecular formula is C25H44FNO3. The second-order valence-corrected chi connectivity index (χ2v) is 6.26. The number of methoxy groups -OCH3 is 1. The summed E-state index contributed by atoms with van der Waals surface area (Å²) >= 11 is 0. The number of rotatable bonds is 7. The van der Waals surface area contributed by atoms with E-state index in [1.165, 1.54) is 38.2 Å². The van der Waals surface area contributed by atoms with E-state index in [1.807, 2.05) is 47.6 Å². The minimum Gasteiger partial charge on any atom is -0.486 e. The van der Waals surface area contributed by atoms with E-state index in [9.17, 15) is 9.65 Å². The van der Waals surface area contributed by atoms with Crippen LogP contribution in [-0.4, -0.2) is 26.6 Å². The zero-order chi connectivity index (χ0) is 23.2. The van der Waals surface area contributed by atoms with Gasteiger partial charge in [0.25, 0.3) is 0 Å². The quantitative estimate of drug-likeness (QED) is 0.335. The minimum atomic E-state index is -0.552. The zero-order valence-corrected chi connectivity index (χ0v) is 20.3. The summed E-state index contributed by atoms with van der Waals surface area (Å²) in [7, 11) is 1.58. The van der Waals surface area contributed by atoms with Crippen LogP contribution in [0.15, 0.2) is 18.2 Å². The Morgan fingerprint density at radius 3 is 2.10 bits per heavy atom. The molecule has 0 N–H and O–H groups in total. The SMILES string of the molecule is CC.CC.CC.COCOCC(Oc1cccc(F)c1C#N)C1CCCCCCC1. The summed E-state index contributed by atoms with van der Waals surface area (Å²) < 4.78 is 30.3. The van der Waals surface area contributed by atoms with Gasteiger partial charge in [-0.05, 0) is 30.9 Å². The fraction of sp³-hybridized carbons (Fsp3) is 0.720. The van der Waals surface area contributed by atoms with Crippen molar-refractivity contribution in [1.29, 1.82) is 5.26 Å². The molecule has 1 aromatic carbocycles. The maximum Gasteiger partial charge on any atom is 0.146 e. The largest absolute Gasteiger partial charge is 0.486 e. The maximum atomic E-state index is 13.8. The number of halogens is 1. The highest BCUT2D eigenvalue weighted by atomic mass is 19.1. The molecule has 0 heterocycles. The van der Waals surface area contributed by atoms with Gasteiger partial charge in [0.15, 0.2) is 0 Å². The molecule has 4 nitrogen and oxygen atoms in total. The molecule has 0 aliphatic heterocycles. The van der Waals surface area contributed by atoms with Crippen molar-refractivity contribution in [2.75, 3.05) is 20.5 Å². The average molecular weight is 426 g/mol. The molecule has 1 aromatic rings. The van der Waals surface area contributed by atoms with Gasteiger partial charge in [-0.1, -0.05) is 79.7 Å². The smallest absolute Gasteiger partial charge is 0.146 e. The Kier molecular flexibility index (Phi) is 22.5. The van der Waals surface area contributed by atoms with E-state index < -0.39 is 5.82 Å². The van der Waals surface area contributed by atoms with Crippen molar-refractivity contribution in [1.82, 2.24) is 0 Å². The predicted molar refractivity (Wildman–Crippen MR) is 123 cm³/mol. The highest BCUT2D eigenvalue weighted by Gasteiger charge is 2.25. The van der Waals surface area contributed by atoms with Gasteiger partial charge >= 0.3 is 0 Å². The van der Waals surface area contributed by atoms with Crippen molar-refractivity contribution in [2.45, 2.75) is 92.6 Å². The first-order chi connectivity index (χ1) is 14.8. The summed E-state index contributed by atoms with van der Waals surface area (Å²) in [5.41, 5.74) is -0.0416. The van der Waals surface area contributed by atoms with Gasteiger partial charge < -0.3 is 14.2 Å². The Morgan fingerprint density at radius 2 is 1.57 bits per heavy atom. The summed E-state index contributed by atoms with van der Waals surface area (Å²) in [5.74, 6) is 0.0896. The molecule has 5 heteroatoms. The lowest BCUT2D eigenvalue weighted by Crippen LogP contribution is -2.33. The summed E-state index contributed by atoms with van der Waals surface area (Å²) in [6, 6.07) is 6.38. The predicted octanol–water partition coefficient (Wildman–Crippen LogP) is 7.50. The van der Waals surface area contributed by atoms with Gasteiger partial charge in [0.2, 0.25) is 0 Å². The van der Waals surface area contributed by atoms with E-state index in [-0.39, 0.29) is 18.5 Å². The fourth-order valence-electron chi connectivity index (χ4n) is 3.25. The van der Waals surface area contributed by atoms with Gasteiger partial charge in [0, 0.05) is 7.11 Å². The molecule has 1 saturated carbocycles. The number of benzene rings is 1. The van der Waals surface area contributed by atoms with E-state index in [4.69, 9.17) is 14.2 Å². The molecule has 0 amide bonds. The Bertz CT molecular complexity index is 538. The number of hydrogen-bond acceptors (Lipinski definition) is 4. The van der Waals surface area contributed by atoms with Crippen LogP contribution in [0.25, 0.3) is 0 Å². The molecule has 0 bridgehead atoms. The Labute approximate surface area is 184 Å². The lowest BCUT2D eigenvalue weighted by molar-refractivity contribution is -0.0689. The van der Waals surface area contributed by atoms with E-state index in [2.05, 4.69) is 0 Å². The molecule has 1 unspecified atom stereocenters. The molecule has 1 atom stereocenters. The van der Waals surface area contributed by atoms with Crippen LogP contribution in [-0.2, 0) is 9.47 Å². The molecule has 1 aliphatic rings. The van der Waals surface area contributed by atoms with Gasteiger partial charge in [0.1, 0.15) is 36.1 Å². The van der Waals surface area contributed by atoms with Crippen LogP contribution in [0.5, 0.6) is 5.75 Å². The van der Waals surface area contributed by atoms with E-state index in [0.29, 0.717) is 18.3 Å². The minimum absolute atomic E-state index is 0.0416. The first kappa shape index (κ1) is 30.6. The normalized spacial score (nSPS) is 14.6. The van der Waals surface area contributed by atoms with Crippen LogP contribution in [0.3, 0.4) is 0 Å². The molecule has 174 valence electrons. The third kappa shape index (κ3) is 12.1.